The molecule has 1 saturated heterocycles. The van der Waals surface area contributed by atoms with Gasteiger partial charge in [-0.3, -0.25) is 0 Å². The van der Waals surface area contributed by atoms with Gasteiger partial charge in [-0.05, 0) is 24.8 Å². The molecule has 8 heteroatoms. The van der Waals surface area contributed by atoms with E-state index in [1.807, 2.05) is 6.07 Å². The highest BCUT2D eigenvalue weighted by Crippen LogP contribution is 2.42. The number of carbonyl (C=O) groups is 2. The van der Waals surface area contributed by atoms with Gasteiger partial charge in [0.15, 0.2) is 10.9 Å². The van der Waals surface area contributed by atoms with Crippen molar-refractivity contribution in [3.05, 3.63) is 48.0 Å². The third-order valence-electron chi connectivity index (χ3n) is 3.99. The van der Waals surface area contributed by atoms with Gasteiger partial charge >= 0.3 is 11.9 Å². The molecule has 1 fully saturated rings. The van der Waals surface area contributed by atoms with Gasteiger partial charge in [0.25, 0.3) is 0 Å². The lowest BCUT2D eigenvalue weighted by Gasteiger charge is -2.40. The van der Waals surface area contributed by atoms with Crippen LogP contribution in [0.1, 0.15) is 37.4 Å². The number of aliphatic imine (C=N–C) groups is 1. The smallest absolute Gasteiger partial charge is 0.328 e. The summed E-state index contributed by atoms with van der Waals surface area (Å²) in [7, 11) is 0. The standard InChI is InChI=1S/C14H18N2OS.C4H4O4/c15-13-16-14(9-10-18-13)8-4-7-12(17-14)11-5-2-1-3-6-11;5-3(6)1-2-4(7)8/h1-3,5-6,12H,4,7-10H2,(H2,15,16);1-2H,(H,5,6)(H,7,8)/b;2-1-. The van der Waals surface area contributed by atoms with Crippen LogP contribution in [0.25, 0.3) is 0 Å². The van der Waals surface area contributed by atoms with E-state index in [0.29, 0.717) is 17.3 Å². The van der Waals surface area contributed by atoms with Crippen molar-refractivity contribution in [3.8, 4) is 0 Å². The number of benzene rings is 1. The Bertz CT molecular complexity index is 676. The first kappa shape index (κ1) is 20.0. The van der Waals surface area contributed by atoms with Crippen LogP contribution in [-0.2, 0) is 14.3 Å². The number of aliphatic carboxylic acids is 2. The minimum absolute atomic E-state index is 0.166. The van der Waals surface area contributed by atoms with Gasteiger partial charge in [-0.1, -0.05) is 42.1 Å². The van der Waals surface area contributed by atoms with E-state index >= 15 is 0 Å². The van der Waals surface area contributed by atoms with E-state index < -0.39 is 11.9 Å². The molecule has 3 rings (SSSR count). The fourth-order valence-electron chi connectivity index (χ4n) is 2.86. The van der Waals surface area contributed by atoms with Crippen molar-refractivity contribution < 1.29 is 24.5 Å². The molecule has 1 spiro atoms. The first-order chi connectivity index (χ1) is 12.4. The highest BCUT2D eigenvalue weighted by molar-refractivity contribution is 8.13. The lowest BCUT2D eigenvalue weighted by molar-refractivity contribution is -0.134. The maximum absolute atomic E-state index is 9.55. The van der Waals surface area contributed by atoms with Crippen LogP contribution in [0, 0.1) is 0 Å². The van der Waals surface area contributed by atoms with Crippen LogP contribution in [0.15, 0.2) is 47.5 Å². The molecule has 2 unspecified atom stereocenters. The zero-order valence-electron chi connectivity index (χ0n) is 14.2. The van der Waals surface area contributed by atoms with Crippen LogP contribution in [-0.4, -0.2) is 38.8 Å². The summed E-state index contributed by atoms with van der Waals surface area (Å²) in [5.74, 6) is -1.50. The monoisotopic (exact) mass is 378 g/mol. The summed E-state index contributed by atoms with van der Waals surface area (Å²) in [6.45, 7) is 0. The third-order valence-corrected chi connectivity index (χ3v) is 4.79. The highest BCUT2D eigenvalue weighted by atomic mass is 32.2. The molecule has 0 saturated carbocycles. The molecule has 0 amide bonds. The van der Waals surface area contributed by atoms with Gasteiger partial charge in [-0.25, -0.2) is 14.6 Å². The molecule has 1 aromatic rings. The number of nitrogens with zero attached hydrogens (tertiary/aromatic N) is 1. The summed E-state index contributed by atoms with van der Waals surface area (Å²) in [5.41, 5.74) is 6.76. The van der Waals surface area contributed by atoms with Gasteiger partial charge in [0, 0.05) is 24.3 Å². The third kappa shape index (κ3) is 6.20. The van der Waals surface area contributed by atoms with Crippen molar-refractivity contribution in [3.63, 3.8) is 0 Å². The summed E-state index contributed by atoms with van der Waals surface area (Å²) < 4.78 is 6.29. The van der Waals surface area contributed by atoms with E-state index in [1.54, 1.807) is 11.8 Å². The van der Waals surface area contributed by atoms with Crippen LogP contribution in [0.4, 0.5) is 0 Å². The molecule has 2 heterocycles. The van der Waals surface area contributed by atoms with Gasteiger partial charge in [-0.15, -0.1) is 0 Å². The Hall–Kier alpha value is -2.32. The van der Waals surface area contributed by atoms with E-state index in [2.05, 4.69) is 29.3 Å². The molecular weight excluding hydrogens is 356 g/mol. The highest BCUT2D eigenvalue weighted by Gasteiger charge is 2.39. The van der Waals surface area contributed by atoms with Crippen molar-refractivity contribution in [2.45, 2.75) is 37.5 Å². The summed E-state index contributed by atoms with van der Waals surface area (Å²) >= 11 is 1.63. The van der Waals surface area contributed by atoms with Gasteiger partial charge in [0.05, 0.1) is 6.10 Å². The van der Waals surface area contributed by atoms with Crippen LogP contribution in [0.3, 0.4) is 0 Å². The number of carboxylic acid groups (broad SMARTS) is 2. The average molecular weight is 378 g/mol. The van der Waals surface area contributed by atoms with Crippen molar-refractivity contribution in [1.82, 2.24) is 0 Å². The Balaban J connectivity index is 0.000000260. The quantitative estimate of drug-likeness (QED) is 0.691. The Kier molecular flexibility index (Phi) is 7.23. The maximum Gasteiger partial charge on any atom is 0.328 e. The van der Waals surface area contributed by atoms with Gasteiger partial charge in [0.1, 0.15) is 0 Å². The van der Waals surface area contributed by atoms with E-state index in [0.717, 1.165) is 31.4 Å². The van der Waals surface area contributed by atoms with E-state index in [4.69, 9.17) is 20.7 Å². The molecule has 140 valence electrons. The molecule has 1 aromatic carbocycles. The van der Waals surface area contributed by atoms with Crippen LogP contribution in [0.5, 0.6) is 0 Å². The normalized spacial score (nSPS) is 25.2. The molecule has 7 nitrogen and oxygen atoms in total. The minimum Gasteiger partial charge on any atom is -0.478 e. The lowest BCUT2D eigenvalue weighted by atomic mass is 9.93. The molecule has 4 N–H and O–H groups in total. The number of carboxylic acids is 2. The predicted molar refractivity (Wildman–Crippen MR) is 100.0 cm³/mol. The number of thioether (sulfide) groups is 1. The lowest BCUT2D eigenvalue weighted by Crippen LogP contribution is -2.40. The van der Waals surface area contributed by atoms with Crippen molar-refractivity contribution in [1.29, 1.82) is 0 Å². The van der Waals surface area contributed by atoms with Gasteiger partial charge in [0.2, 0.25) is 0 Å². The maximum atomic E-state index is 9.55. The number of hydrogen-bond acceptors (Lipinski definition) is 6. The molecule has 0 radical (unpaired) electrons. The Labute approximate surface area is 155 Å². The molecule has 26 heavy (non-hydrogen) atoms. The Morgan fingerprint density at radius 1 is 1.19 bits per heavy atom. The molecule has 2 aliphatic rings. The van der Waals surface area contributed by atoms with Crippen LogP contribution in [0.2, 0.25) is 0 Å². The summed E-state index contributed by atoms with van der Waals surface area (Å²) in [6, 6.07) is 10.4. The number of amidine groups is 1. The molecule has 2 aliphatic heterocycles. The molecule has 2 atom stereocenters. The largest absolute Gasteiger partial charge is 0.478 e. The van der Waals surface area contributed by atoms with Crippen molar-refractivity contribution >= 4 is 28.9 Å². The predicted octanol–water partition coefficient (Wildman–Crippen LogP) is 2.79. The molecule has 0 aliphatic carbocycles. The number of rotatable bonds is 3. The minimum atomic E-state index is -1.26. The van der Waals surface area contributed by atoms with Crippen LogP contribution < -0.4 is 5.73 Å². The Morgan fingerprint density at radius 3 is 2.42 bits per heavy atom. The number of hydrogen-bond donors (Lipinski definition) is 3. The second-order valence-electron chi connectivity index (χ2n) is 5.91. The van der Waals surface area contributed by atoms with E-state index in [9.17, 15) is 9.59 Å². The second kappa shape index (κ2) is 9.40. The molecule has 0 bridgehead atoms. The van der Waals surface area contributed by atoms with E-state index in [1.165, 1.54) is 5.56 Å². The Morgan fingerprint density at radius 2 is 1.85 bits per heavy atom. The summed E-state index contributed by atoms with van der Waals surface area (Å²) in [6.07, 6.45) is 5.49. The van der Waals surface area contributed by atoms with Crippen molar-refractivity contribution in [2.75, 3.05) is 5.75 Å². The van der Waals surface area contributed by atoms with Gasteiger partial charge in [-0.2, -0.15) is 0 Å². The molecular formula is C18H22N2O5S. The SMILES string of the molecule is NC1=NC2(CCCC(c3ccccc3)O2)CCS1.O=C(O)/C=C\C(=O)O. The van der Waals surface area contributed by atoms with Crippen molar-refractivity contribution in [2.24, 2.45) is 10.7 Å². The molecule has 0 aromatic heterocycles. The zero-order valence-corrected chi connectivity index (χ0v) is 15.0. The van der Waals surface area contributed by atoms with E-state index in [-0.39, 0.29) is 11.8 Å². The fraction of sp³-hybridized carbons (Fsp3) is 0.389. The zero-order chi connectivity index (χ0) is 19.0. The fourth-order valence-corrected chi connectivity index (χ4v) is 3.72. The summed E-state index contributed by atoms with van der Waals surface area (Å²) in [4.78, 5) is 23.7. The average Bonchev–Trinajstić information content (AvgIpc) is 2.61. The summed E-state index contributed by atoms with van der Waals surface area (Å²) in [5, 5.41) is 16.3. The topological polar surface area (TPSA) is 122 Å². The van der Waals surface area contributed by atoms with Gasteiger partial charge < -0.3 is 20.7 Å². The van der Waals surface area contributed by atoms with Crippen LogP contribution >= 0.6 is 11.8 Å². The number of nitrogens with two attached hydrogens (primary N) is 1. The number of ether oxygens (including phenoxy) is 1. The first-order valence-electron chi connectivity index (χ1n) is 8.25. The second-order valence-corrected chi connectivity index (χ2v) is 7.03. The first-order valence-corrected chi connectivity index (χ1v) is 9.23.